The number of halogens is 5. The number of alkyl carbamates (subject to hydrolysis) is 1. The first-order chi connectivity index (χ1) is 17.6. The summed E-state index contributed by atoms with van der Waals surface area (Å²) in [5, 5.41) is 2.64. The fraction of sp³-hybridized carbons (Fsp3) is 0.346. The van der Waals surface area contributed by atoms with Crippen LogP contribution in [0.1, 0.15) is 49.2 Å². The van der Waals surface area contributed by atoms with Crippen molar-refractivity contribution in [2.24, 2.45) is 0 Å². The molecule has 2 aromatic carbocycles. The summed E-state index contributed by atoms with van der Waals surface area (Å²) in [4.78, 5) is 39.1. The molecule has 1 amide bonds. The lowest BCUT2D eigenvalue weighted by atomic mass is 10.1. The van der Waals surface area contributed by atoms with Crippen LogP contribution in [0.25, 0.3) is 0 Å². The lowest BCUT2D eigenvalue weighted by molar-refractivity contribution is -0.138. The minimum atomic E-state index is -4.86. The number of amides is 1. The summed E-state index contributed by atoms with van der Waals surface area (Å²) in [5.41, 5.74) is -3.97. The predicted octanol–water partition coefficient (Wildman–Crippen LogP) is 5.55. The Morgan fingerprint density at radius 3 is 2.24 bits per heavy atom. The van der Waals surface area contributed by atoms with E-state index < -0.39 is 58.7 Å². The van der Waals surface area contributed by atoms with Crippen molar-refractivity contribution in [3.8, 4) is 0 Å². The van der Waals surface area contributed by atoms with Crippen LogP contribution >= 0.6 is 15.9 Å². The van der Waals surface area contributed by atoms with Gasteiger partial charge in [-0.2, -0.15) is 13.2 Å². The van der Waals surface area contributed by atoms with Gasteiger partial charge in [-0.3, -0.25) is 13.9 Å². The van der Waals surface area contributed by atoms with E-state index >= 15 is 0 Å². The summed E-state index contributed by atoms with van der Waals surface area (Å²) in [7, 11) is 0. The molecule has 0 spiro atoms. The highest BCUT2D eigenvalue weighted by Gasteiger charge is 2.35. The third-order valence-electron chi connectivity index (χ3n) is 5.62. The van der Waals surface area contributed by atoms with Gasteiger partial charge in [0.25, 0.3) is 5.56 Å². The van der Waals surface area contributed by atoms with E-state index in [-0.39, 0.29) is 16.7 Å². The van der Waals surface area contributed by atoms with Gasteiger partial charge in [-0.15, -0.1) is 0 Å². The standard InChI is InChI=1S/C26H26BrF4N3O4/c1-15-21(27)22(35)34(14-20(16-9-6-5-7-10-16)32-23(36)38-25(2,3)4)24(37)33(15)13-17-18(26(29,30)31)11-8-12-19(17)28/h5-12,20H,13-14H2,1-4H3,(H,32,36). The first kappa shape index (κ1) is 29.2. The summed E-state index contributed by atoms with van der Waals surface area (Å²) in [6, 6.07) is 10.1. The molecule has 1 unspecified atom stereocenters. The number of ether oxygens (including phenoxy) is 1. The maximum atomic E-state index is 14.6. The summed E-state index contributed by atoms with van der Waals surface area (Å²) < 4.78 is 62.2. The molecule has 0 aliphatic heterocycles. The number of aromatic nitrogens is 2. The van der Waals surface area contributed by atoms with Gasteiger partial charge in [0.15, 0.2) is 0 Å². The second kappa shape index (κ2) is 11.1. The summed E-state index contributed by atoms with van der Waals surface area (Å²) in [6.45, 7) is 5.22. The van der Waals surface area contributed by atoms with Crippen molar-refractivity contribution in [2.75, 3.05) is 0 Å². The van der Waals surface area contributed by atoms with Gasteiger partial charge < -0.3 is 10.1 Å². The number of hydrogen-bond donors (Lipinski definition) is 1. The lowest BCUT2D eigenvalue weighted by Crippen LogP contribution is -2.45. The van der Waals surface area contributed by atoms with E-state index in [2.05, 4.69) is 21.2 Å². The van der Waals surface area contributed by atoms with Crippen molar-refractivity contribution in [1.29, 1.82) is 0 Å². The van der Waals surface area contributed by atoms with Crippen LogP contribution in [0.4, 0.5) is 22.4 Å². The molecule has 38 heavy (non-hydrogen) atoms. The predicted molar refractivity (Wildman–Crippen MR) is 136 cm³/mol. The number of nitrogens with one attached hydrogen (secondary N) is 1. The number of carbonyl (C=O) groups excluding carboxylic acids is 1. The number of benzene rings is 2. The van der Waals surface area contributed by atoms with Crippen molar-refractivity contribution < 1.29 is 27.1 Å². The van der Waals surface area contributed by atoms with Gasteiger partial charge in [-0.05, 0) is 61.3 Å². The molecule has 0 aliphatic rings. The highest BCUT2D eigenvalue weighted by molar-refractivity contribution is 9.10. The maximum Gasteiger partial charge on any atom is 0.416 e. The summed E-state index contributed by atoms with van der Waals surface area (Å²) >= 11 is 3.12. The van der Waals surface area contributed by atoms with Crippen molar-refractivity contribution in [3.05, 3.63) is 102 Å². The molecule has 0 aliphatic carbocycles. The SMILES string of the molecule is Cc1c(Br)c(=O)n(CC(NC(=O)OC(C)(C)C)c2ccccc2)c(=O)n1Cc1c(F)cccc1C(F)(F)F. The Kier molecular flexibility index (Phi) is 8.55. The first-order valence-corrected chi connectivity index (χ1v) is 12.3. The third kappa shape index (κ3) is 6.72. The van der Waals surface area contributed by atoms with Gasteiger partial charge in [0.2, 0.25) is 0 Å². The topological polar surface area (TPSA) is 82.3 Å². The Morgan fingerprint density at radius 2 is 1.66 bits per heavy atom. The zero-order valence-corrected chi connectivity index (χ0v) is 22.6. The summed E-state index contributed by atoms with van der Waals surface area (Å²) in [5.74, 6) is -1.14. The van der Waals surface area contributed by atoms with Crippen LogP contribution in [0.5, 0.6) is 0 Å². The molecule has 204 valence electrons. The fourth-order valence-electron chi connectivity index (χ4n) is 3.81. The van der Waals surface area contributed by atoms with Crippen molar-refractivity contribution in [2.45, 2.75) is 58.6 Å². The molecular weight excluding hydrogens is 574 g/mol. The van der Waals surface area contributed by atoms with E-state index in [4.69, 9.17) is 4.74 Å². The Balaban J connectivity index is 2.11. The minimum absolute atomic E-state index is 0.0176. The summed E-state index contributed by atoms with van der Waals surface area (Å²) in [6.07, 6.45) is -5.66. The van der Waals surface area contributed by atoms with Crippen molar-refractivity contribution in [3.63, 3.8) is 0 Å². The average Bonchev–Trinajstić information content (AvgIpc) is 2.82. The molecule has 3 rings (SSSR count). The number of carbonyl (C=O) groups is 1. The fourth-order valence-corrected chi connectivity index (χ4v) is 4.24. The van der Waals surface area contributed by atoms with Crippen LogP contribution in [-0.4, -0.2) is 20.8 Å². The van der Waals surface area contributed by atoms with Crippen LogP contribution in [0.15, 0.2) is 62.6 Å². The van der Waals surface area contributed by atoms with Gasteiger partial charge in [0, 0.05) is 11.3 Å². The molecule has 0 radical (unpaired) electrons. The molecule has 1 atom stereocenters. The minimum Gasteiger partial charge on any atom is -0.444 e. The van der Waals surface area contributed by atoms with Gasteiger partial charge in [0.05, 0.1) is 24.7 Å². The Hall–Kier alpha value is -3.41. The second-order valence-electron chi connectivity index (χ2n) is 9.56. The number of hydrogen-bond acceptors (Lipinski definition) is 4. The molecular formula is C26H26BrF4N3O4. The van der Waals surface area contributed by atoms with Crippen molar-refractivity contribution in [1.82, 2.24) is 14.5 Å². The van der Waals surface area contributed by atoms with Crippen molar-refractivity contribution >= 4 is 22.0 Å². The van der Waals surface area contributed by atoms with E-state index in [9.17, 15) is 31.9 Å². The number of rotatable bonds is 6. The van der Waals surface area contributed by atoms with E-state index in [0.717, 1.165) is 27.3 Å². The Bertz CT molecular complexity index is 1440. The monoisotopic (exact) mass is 599 g/mol. The van der Waals surface area contributed by atoms with Crippen LogP contribution in [-0.2, 0) is 24.0 Å². The van der Waals surface area contributed by atoms with E-state index in [0.29, 0.717) is 5.56 Å². The van der Waals surface area contributed by atoms with Crippen LogP contribution in [0.2, 0.25) is 0 Å². The molecule has 0 bridgehead atoms. The number of nitrogens with zero attached hydrogens (tertiary/aromatic N) is 2. The van der Waals surface area contributed by atoms with Crippen LogP contribution in [0, 0.1) is 12.7 Å². The van der Waals surface area contributed by atoms with Crippen LogP contribution < -0.4 is 16.6 Å². The molecule has 0 fully saturated rings. The Labute approximate surface area is 224 Å². The van der Waals surface area contributed by atoms with Gasteiger partial charge in [-0.1, -0.05) is 36.4 Å². The molecule has 0 saturated carbocycles. The van der Waals surface area contributed by atoms with Gasteiger partial charge in [-0.25, -0.2) is 14.0 Å². The first-order valence-electron chi connectivity index (χ1n) is 11.5. The largest absolute Gasteiger partial charge is 0.444 e. The van der Waals surface area contributed by atoms with E-state index in [1.165, 1.54) is 6.92 Å². The Morgan fingerprint density at radius 1 is 1.03 bits per heavy atom. The molecule has 1 N–H and O–H groups in total. The second-order valence-corrected chi connectivity index (χ2v) is 10.4. The highest BCUT2D eigenvalue weighted by atomic mass is 79.9. The van der Waals surface area contributed by atoms with E-state index in [1.807, 2.05) is 0 Å². The molecule has 1 heterocycles. The van der Waals surface area contributed by atoms with E-state index in [1.54, 1.807) is 51.1 Å². The normalized spacial score (nSPS) is 12.8. The molecule has 12 heteroatoms. The zero-order chi connectivity index (χ0) is 28.4. The molecule has 7 nitrogen and oxygen atoms in total. The smallest absolute Gasteiger partial charge is 0.416 e. The molecule has 1 aromatic heterocycles. The molecule has 0 saturated heterocycles. The lowest BCUT2D eigenvalue weighted by Gasteiger charge is -2.25. The highest BCUT2D eigenvalue weighted by Crippen LogP contribution is 2.33. The average molecular weight is 600 g/mol. The molecule has 3 aromatic rings. The number of alkyl halides is 3. The van der Waals surface area contributed by atoms with Gasteiger partial charge >= 0.3 is 18.0 Å². The maximum absolute atomic E-state index is 14.6. The zero-order valence-electron chi connectivity index (χ0n) is 21.0. The van der Waals surface area contributed by atoms with Crippen LogP contribution in [0.3, 0.4) is 0 Å². The van der Waals surface area contributed by atoms with Gasteiger partial charge in [0.1, 0.15) is 15.9 Å². The third-order valence-corrected chi connectivity index (χ3v) is 6.53. The quantitative estimate of drug-likeness (QED) is 0.376.